The van der Waals surface area contributed by atoms with E-state index in [1.807, 2.05) is 41.8 Å². The minimum absolute atomic E-state index is 0.112. The normalized spacial score (nSPS) is 27.3. The second-order valence-electron chi connectivity index (χ2n) is 11.2. The fraction of sp³-hybridized carbons (Fsp3) is 0.452. The molecule has 3 aromatic rings. The maximum Gasteiger partial charge on any atom is 0.330 e. The predicted octanol–water partition coefficient (Wildman–Crippen LogP) is 4.59. The molecule has 2 fully saturated rings. The number of thiazole rings is 1. The molecule has 4 heterocycles. The van der Waals surface area contributed by atoms with Gasteiger partial charge in [0.15, 0.2) is 0 Å². The molecule has 1 aromatic carbocycles. The van der Waals surface area contributed by atoms with Crippen molar-refractivity contribution in [2.45, 2.75) is 69.1 Å². The molecule has 0 spiro atoms. The van der Waals surface area contributed by atoms with Crippen LogP contribution in [-0.2, 0) is 14.4 Å². The number of hydrogen-bond acceptors (Lipinski definition) is 8. The number of amides is 2. The minimum Gasteiger partial charge on any atom is -0.497 e. The van der Waals surface area contributed by atoms with Gasteiger partial charge in [-0.05, 0) is 37.8 Å². The summed E-state index contributed by atoms with van der Waals surface area (Å²) in [6, 6.07) is 6.57. The third-order valence-corrected chi connectivity index (χ3v) is 9.23. The monoisotopic (exact) mass is 590 g/mol. The van der Waals surface area contributed by atoms with Crippen molar-refractivity contribution >= 4 is 40.0 Å². The number of benzene rings is 1. The third kappa shape index (κ3) is 5.57. The van der Waals surface area contributed by atoms with E-state index in [1.165, 1.54) is 11.3 Å². The van der Waals surface area contributed by atoms with Gasteiger partial charge >= 0.3 is 5.97 Å². The number of aromatic nitrogens is 2. The average molecular weight is 591 g/mol. The van der Waals surface area contributed by atoms with Crippen molar-refractivity contribution < 1.29 is 29.0 Å². The average Bonchev–Trinajstić information content (AvgIpc) is 3.31. The number of nitrogens with one attached hydrogen (secondary N) is 1. The number of hydrogen-bond donors (Lipinski definition) is 2. The highest BCUT2D eigenvalue weighted by Gasteiger charge is 2.61. The number of fused-ring (bicyclic) bond motifs is 3. The van der Waals surface area contributed by atoms with Crippen molar-refractivity contribution in [3.8, 4) is 22.2 Å². The zero-order chi connectivity index (χ0) is 29.3. The Labute approximate surface area is 247 Å². The molecule has 1 aliphatic carbocycles. The van der Waals surface area contributed by atoms with Crippen LogP contribution in [0.1, 0.15) is 51.4 Å². The maximum absolute atomic E-state index is 13.6. The number of methoxy groups -OCH3 is 1. The van der Waals surface area contributed by atoms with Crippen LogP contribution in [0.2, 0.25) is 0 Å². The first-order valence-corrected chi connectivity index (χ1v) is 15.3. The van der Waals surface area contributed by atoms with Crippen LogP contribution < -0.4 is 14.8 Å². The van der Waals surface area contributed by atoms with E-state index in [0.717, 1.165) is 42.5 Å². The third-order valence-electron chi connectivity index (χ3n) is 8.43. The fourth-order valence-electron chi connectivity index (χ4n) is 6.01. The summed E-state index contributed by atoms with van der Waals surface area (Å²) >= 11 is 1.47. The minimum atomic E-state index is -1.33. The quantitative estimate of drug-likeness (QED) is 0.413. The highest BCUT2D eigenvalue weighted by atomic mass is 32.1. The van der Waals surface area contributed by atoms with Gasteiger partial charge in [-0.3, -0.25) is 9.59 Å². The van der Waals surface area contributed by atoms with Gasteiger partial charge in [0.1, 0.15) is 39.9 Å². The van der Waals surface area contributed by atoms with Gasteiger partial charge < -0.3 is 24.8 Å². The Hall–Kier alpha value is -3.99. The summed E-state index contributed by atoms with van der Waals surface area (Å²) in [5, 5.41) is 16.2. The van der Waals surface area contributed by atoms with E-state index >= 15 is 0 Å². The molecule has 0 bridgehead atoms. The lowest BCUT2D eigenvalue weighted by Crippen LogP contribution is -2.53. The van der Waals surface area contributed by atoms with Crippen molar-refractivity contribution in [3.63, 3.8) is 0 Å². The van der Waals surface area contributed by atoms with Gasteiger partial charge in [-0.25, -0.2) is 14.8 Å². The van der Waals surface area contributed by atoms with Gasteiger partial charge in [-0.15, -0.1) is 11.3 Å². The number of carboxylic acids is 1. The lowest BCUT2D eigenvalue weighted by molar-refractivity contribution is -0.145. The van der Waals surface area contributed by atoms with E-state index in [1.54, 1.807) is 18.2 Å². The molecule has 42 heavy (non-hydrogen) atoms. The van der Waals surface area contributed by atoms with Crippen molar-refractivity contribution in [1.29, 1.82) is 0 Å². The van der Waals surface area contributed by atoms with E-state index in [-0.39, 0.29) is 24.8 Å². The lowest BCUT2D eigenvalue weighted by Gasteiger charge is -2.25. The van der Waals surface area contributed by atoms with Crippen LogP contribution in [0, 0.1) is 5.92 Å². The number of carbonyl (C=O) groups is 3. The van der Waals surface area contributed by atoms with Gasteiger partial charge in [0.2, 0.25) is 11.8 Å². The Morgan fingerprint density at radius 1 is 1.19 bits per heavy atom. The topological polar surface area (TPSA) is 131 Å². The van der Waals surface area contributed by atoms with Crippen LogP contribution in [0.3, 0.4) is 0 Å². The molecule has 2 aromatic heterocycles. The largest absolute Gasteiger partial charge is 0.497 e. The summed E-state index contributed by atoms with van der Waals surface area (Å²) in [6.45, 7) is 0.229. The number of carboxylic acid groups (broad SMARTS) is 1. The molecule has 10 nitrogen and oxygen atoms in total. The Balaban J connectivity index is 1.29. The van der Waals surface area contributed by atoms with Gasteiger partial charge in [-0.2, -0.15) is 0 Å². The number of allylic oxidation sites excluding steroid dienone is 1. The summed E-state index contributed by atoms with van der Waals surface area (Å²) in [5.74, 6) is -0.637. The maximum atomic E-state index is 13.6. The number of ether oxygens (including phenoxy) is 2. The van der Waals surface area contributed by atoms with E-state index in [0.29, 0.717) is 35.6 Å². The van der Waals surface area contributed by atoms with Crippen LogP contribution in [0.15, 0.2) is 48.0 Å². The molecule has 2 aliphatic heterocycles. The molecule has 220 valence electrons. The molecule has 4 atom stereocenters. The van der Waals surface area contributed by atoms with Gasteiger partial charge in [0, 0.05) is 47.9 Å². The summed E-state index contributed by atoms with van der Waals surface area (Å²) in [4.78, 5) is 50.1. The molecule has 0 radical (unpaired) electrons. The van der Waals surface area contributed by atoms with Crippen molar-refractivity contribution in [2.75, 3.05) is 13.7 Å². The van der Waals surface area contributed by atoms with Crippen LogP contribution in [0.25, 0.3) is 21.6 Å². The van der Waals surface area contributed by atoms with Gasteiger partial charge in [-0.1, -0.05) is 25.0 Å². The molecule has 1 saturated heterocycles. The molecule has 6 rings (SSSR count). The molecule has 2 N–H and O–H groups in total. The summed E-state index contributed by atoms with van der Waals surface area (Å²) < 4.78 is 12.0. The van der Waals surface area contributed by atoms with Gasteiger partial charge in [0.05, 0.1) is 19.2 Å². The summed E-state index contributed by atoms with van der Waals surface area (Å²) in [7, 11) is 1.60. The zero-order valence-corrected chi connectivity index (χ0v) is 24.3. The Kier molecular flexibility index (Phi) is 7.85. The smallest absolute Gasteiger partial charge is 0.330 e. The summed E-state index contributed by atoms with van der Waals surface area (Å²) in [6.07, 6.45) is 10.6. The molecule has 3 aliphatic rings. The molecule has 11 heteroatoms. The second-order valence-corrected chi connectivity index (χ2v) is 12.1. The van der Waals surface area contributed by atoms with E-state index in [4.69, 9.17) is 14.5 Å². The number of carbonyl (C=O) groups excluding carboxylic acids is 2. The second kappa shape index (κ2) is 11.7. The fourth-order valence-corrected chi connectivity index (χ4v) is 6.61. The zero-order valence-electron chi connectivity index (χ0n) is 23.5. The van der Waals surface area contributed by atoms with Crippen molar-refractivity contribution in [1.82, 2.24) is 20.2 Å². The van der Waals surface area contributed by atoms with E-state index in [9.17, 15) is 19.5 Å². The van der Waals surface area contributed by atoms with E-state index < -0.39 is 29.6 Å². The first kappa shape index (κ1) is 28.1. The molecule has 0 unspecified atom stereocenters. The summed E-state index contributed by atoms with van der Waals surface area (Å²) in [5.41, 5.74) is -0.00158. The first-order valence-electron chi connectivity index (χ1n) is 14.4. The number of rotatable bonds is 5. The lowest BCUT2D eigenvalue weighted by atomic mass is 10.1. The Morgan fingerprint density at radius 2 is 2.05 bits per heavy atom. The van der Waals surface area contributed by atoms with Crippen LogP contribution in [0.4, 0.5) is 0 Å². The van der Waals surface area contributed by atoms with Crippen LogP contribution in [-0.4, -0.2) is 69.1 Å². The van der Waals surface area contributed by atoms with Gasteiger partial charge in [0.25, 0.3) is 0 Å². The highest BCUT2D eigenvalue weighted by molar-refractivity contribution is 7.13. The molecule has 1 saturated carbocycles. The van der Waals surface area contributed by atoms with E-state index in [2.05, 4.69) is 10.3 Å². The number of pyridine rings is 1. The first-order chi connectivity index (χ1) is 20.4. The number of aliphatic carboxylic acids is 1. The predicted molar refractivity (Wildman–Crippen MR) is 157 cm³/mol. The standard InChI is InChI=1S/C31H34N4O6S/c1-40-20-10-11-22-23(14-20)33-24(29-32-12-13-42-29)16-26(22)41-21-15-25-28(37)34-31(30(38)39)17-19(31)8-6-4-2-3-5-7-9-27(36)35(25)18-21/h6,8,10-14,16,19,21,25H,2-5,7,9,15,17-18H2,1H3,(H,34,37)(H,38,39)/b8-6-/t19-,21-,25+,31-/m1/s1. The van der Waals surface area contributed by atoms with Crippen molar-refractivity contribution in [3.05, 3.63) is 48.0 Å². The molecular formula is C31H34N4O6S. The molecule has 2 amide bonds. The highest BCUT2D eigenvalue weighted by Crippen LogP contribution is 2.45. The van der Waals surface area contributed by atoms with Crippen molar-refractivity contribution in [2.24, 2.45) is 5.92 Å². The SMILES string of the molecule is COc1ccc2c(O[C@@H]3C[C@H]4C(=O)N[C@]5(C(=O)O)C[C@H]5/C=C\CCCCCCC(=O)N4C3)cc(-c3nccs3)nc2c1. The number of nitrogens with zero attached hydrogens (tertiary/aromatic N) is 3. The Bertz CT molecular complexity index is 1530. The molecular weight excluding hydrogens is 556 g/mol. The Morgan fingerprint density at radius 3 is 2.83 bits per heavy atom. The van der Waals surface area contributed by atoms with Crippen LogP contribution in [0.5, 0.6) is 11.5 Å². The van der Waals surface area contributed by atoms with Crippen LogP contribution >= 0.6 is 11.3 Å².